The van der Waals surface area contributed by atoms with Gasteiger partial charge >= 0.3 is 5.97 Å². The minimum Gasteiger partial charge on any atom is -0.481 e. The lowest BCUT2D eigenvalue weighted by molar-refractivity contribution is -0.150. The summed E-state index contributed by atoms with van der Waals surface area (Å²) in [4.78, 5) is 23.8. The van der Waals surface area contributed by atoms with E-state index in [2.05, 4.69) is 42.8 Å². The van der Waals surface area contributed by atoms with Gasteiger partial charge in [0.05, 0.1) is 34.8 Å². The van der Waals surface area contributed by atoms with E-state index in [1.807, 2.05) is 3.11 Å². The molecule has 0 aromatic rings. The van der Waals surface area contributed by atoms with Gasteiger partial charge in [-0.3, -0.25) is 12.7 Å². The number of rotatable bonds is 1. The van der Waals surface area contributed by atoms with Gasteiger partial charge in [0, 0.05) is 11.5 Å². The molecule has 0 aromatic heterocycles. The zero-order valence-corrected chi connectivity index (χ0v) is 16.5. The highest BCUT2D eigenvalue weighted by Crippen LogP contribution is 2.65. The van der Waals surface area contributed by atoms with Crippen LogP contribution in [0.3, 0.4) is 0 Å². The molecular formula is C19H26INO3. The van der Waals surface area contributed by atoms with Crippen LogP contribution in [0.15, 0.2) is 12.2 Å². The van der Waals surface area contributed by atoms with Gasteiger partial charge in [0.1, 0.15) is 0 Å². The van der Waals surface area contributed by atoms with E-state index in [9.17, 15) is 14.7 Å². The number of fused-ring (bicyclic) bond motifs is 5. The van der Waals surface area contributed by atoms with E-state index in [0.717, 1.165) is 38.5 Å². The Balaban J connectivity index is 1.68. The van der Waals surface area contributed by atoms with Gasteiger partial charge in [-0.2, -0.15) is 0 Å². The molecule has 3 saturated carbocycles. The average molecular weight is 443 g/mol. The number of aliphatic carboxylic acids is 1. The van der Waals surface area contributed by atoms with Crippen molar-refractivity contribution in [2.24, 2.45) is 34.5 Å². The molecule has 4 nitrogen and oxygen atoms in total. The van der Waals surface area contributed by atoms with Crippen LogP contribution in [0.4, 0.5) is 0 Å². The van der Waals surface area contributed by atoms with Crippen LogP contribution in [0.1, 0.15) is 52.4 Å². The quantitative estimate of drug-likeness (QED) is 0.492. The fourth-order valence-corrected chi connectivity index (χ4v) is 7.88. The van der Waals surface area contributed by atoms with E-state index >= 15 is 0 Å². The highest BCUT2D eigenvalue weighted by molar-refractivity contribution is 14.1. The molecule has 24 heavy (non-hydrogen) atoms. The lowest BCUT2D eigenvalue weighted by Gasteiger charge is -2.59. The van der Waals surface area contributed by atoms with Gasteiger partial charge in [-0.1, -0.05) is 19.9 Å². The second-order valence-electron chi connectivity index (χ2n) is 8.83. The van der Waals surface area contributed by atoms with Crippen molar-refractivity contribution in [3.05, 3.63) is 12.2 Å². The monoisotopic (exact) mass is 443 g/mol. The van der Waals surface area contributed by atoms with Crippen LogP contribution in [0.5, 0.6) is 0 Å². The molecule has 1 N–H and O–H groups in total. The van der Waals surface area contributed by atoms with E-state index in [1.54, 1.807) is 6.08 Å². The Kier molecular flexibility index (Phi) is 3.83. The highest BCUT2D eigenvalue weighted by atomic mass is 127. The average Bonchev–Trinajstić information content (AvgIpc) is 2.89. The number of hydrogen-bond acceptors (Lipinski definition) is 2. The van der Waals surface area contributed by atoms with Crippen molar-refractivity contribution in [3.63, 3.8) is 0 Å². The number of carboxylic acids is 1. The first-order valence-electron chi connectivity index (χ1n) is 9.20. The van der Waals surface area contributed by atoms with E-state index in [-0.39, 0.29) is 28.7 Å². The molecule has 1 amide bonds. The maximum atomic E-state index is 12.1. The zero-order chi connectivity index (χ0) is 17.3. The predicted molar refractivity (Wildman–Crippen MR) is 99.3 cm³/mol. The van der Waals surface area contributed by atoms with Crippen LogP contribution < -0.4 is 0 Å². The molecule has 3 aliphatic carbocycles. The first kappa shape index (κ1) is 16.9. The number of carbonyl (C=O) groups excluding carboxylic acids is 1. The number of carbonyl (C=O) groups is 2. The van der Waals surface area contributed by atoms with Crippen molar-refractivity contribution >= 4 is 34.7 Å². The van der Waals surface area contributed by atoms with Gasteiger partial charge in [0.15, 0.2) is 0 Å². The molecule has 0 saturated heterocycles. The molecule has 0 radical (unpaired) electrons. The summed E-state index contributed by atoms with van der Waals surface area (Å²) in [6.45, 7) is 4.56. The normalized spacial score (nSPS) is 50.2. The Bertz CT molecular complexity index is 620. The molecule has 0 spiro atoms. The first-order chi connectivity index (χ1) is 11.3. The second-order valence-corrected chi connectivity index (χ2v) is 9.87. The predicted octanol–water partition coefficient (Wildman–Crippen LogP) is 4.05. The molecule has 7 atom stereocenters. The third kappa shape index (κ3) is 2.08. The summed E-state index contributed by atoms with van der Waals surface area (Å²) >= 11 is 2.19. The summed E-state index contributed by atoms with van der Waals surface area (Å²) < 4.78 is 1.91. The van der Waals surface area contributed by atoms with Crippen molar-refractivity contribution in [1.82, 2.24) is 3.11 Å². The fraction of sp³-hybridized carbons (Fsp3) is 0.789. The molecule has 4 aliphatic rings. The molecule has 1 aliphatic heterocycles. The fourth-order valence-electron chi connectivity index (χ4n) is 6.84. The molecule has 5 heteroatoms. The van der Waals surface area contributed by atoms with Crippen molar-refractivity contribution in [1.29, 1.82) is 0 Å². The molecule has 132 valence electrons. The van der Waals surface area contributed by atoms with Gasteiger partial charge < -0.3 is 5.11 Å². The van der Waals surface area contributed by atoms with Crippen LogP contribution in [-0.4, -0.2) is 26.1 Å². The van der Waals surface area contributed by atoms with Crippen LogP contribution in [0.2, 0.25) is 0 Å². The molecule has 1 heterocycles. The lowest BCUT2D eigenvalue weighted by Crippen LogP contribution is -2.58. The Hall–Kier alpha value is -0.590. The lowest BCUT2D eigenvalue weighted by atomic mass is 9.48. The highest BCUT2D eigenvalue weighted by Gasteiger charge is 2.61. The zero-order valence-electron chi connectivity index (χ0n) is 14.4. The topological polar surface area (TPSA) is 57.6 Å². The van der Waals surface area contributed by atoms with E-state index in [0.29, 0.717) is 17.8 Å². The van der Waals surface area contributed by atoms with Gasteiger partial charge in [-0.25, -0.2) is 0 Å². The van der Waals surface area contributed by atoms with Gasteiger partial charge in [0.25, 0.3) is 5.91 Å². The summed E-state index contributed by atoms with van der Waals surface area (Å²) in [5.74, 6) is 1.06. The summed E-state index contributed by atoms with van der Waals surface area (Å²) in [6.07, 6.45) is 10.1. The van der Waals surface area contributed by atoms with E-state index < -0.39 is 5.97 Å². The second kappa shape index (κ2) is 5.45. The van der Waals surface area contributed by atoms with Crippen LogP contribution in [-0.2, 0) is 9.59 Å². The standard InChI is InChI=1S/C19H26INO3/c1-18-9-7-13-11(12(18)4-5-14(18)17(23)24)3-6-15-19(13,2)10-8-16(22)21(15)20/h8,10-15H,3-7,9H2,1-2H3,(H,23,24)/t11?,12?,13?,14?,15-,18?,19?/m1/s1. The van der Waals surface area contributed by atoms with Crippen LogP contribution in [0, 0.1) is 34.5 Å². The first-order valence-corrected chi connectivity index (χ1v) is 10.2. The van der Waals surface area contributed by atoms with Crippen molar-refractivity contribution in [3.8, 4) is 0 Å². The van der Waals surface area contributed by atoms with Crippen molar-refractivity contribution in [2.45, 2.75) is 58.4 Å². The van der Waals surface area contributed by atoms with Crippen LogP contribution in [0.25, 0.3) is 0 Å². The van der Waals surface area contributed by atoms with E-state index in [1.165, 1.54) is 0 Å². The third-order valence-corrected chi connectivity index (χ3v) is 9.24. The Morgan fingerprint density at radius 3 is 2.67 bits per heavy atom. The number of nitrogens with zero attached hydrogens (tertiary/aromatic N) is 1. The maximum Gasteiger partial charge on any atom is 0.307 e. The Morgan fingerprint density at radius 2 is 1.96 bits per heavy atom. The van der Waals surface area contributed by atoms with Gasteiger partial charge in [-0.15, -0.1) is 0 Å². The molecular weight excluding hydrogens is 417 g/mol. The Morgan fingerprint density at radius 1 is 1.21 bits per heavy atom. The number of amides is 1. The molecule has 4 rings (SSSR count). The molecule has 6 unspecified atom stereocenters. The summed E-state index contributed by atoms with van der Waals surface area (Å²) in [7, 11) is 0. The van der Waals surface area contributed by atoms with E-state index in [4.69, 9.17) is 0 Å². The van der Waals surface area contributed by atoms with Gasteiger partial charge in [0.2, 0.25) is 0 Å². The largest absolute Gasteiger partial charge is 0.481 e. The minimum atomic E-state index is -0.597. The SMILES string of the molecule is CC12CCC3C(CC[C@H]4N(I)C(=O)C=CC34C)C1CCC2C(=O)O. The van der Waals surface area contributed by atoms with Crippen LogP contribution >= 0.6 is 22.9 Å². The molecule has 0 bridgehead atoms. The van der Waals surface area contributed by atoms with Crippen molar-refractivity contribution < 1.29 is 14.7 Å². The maximum absolute atomic E-state index is 12.1. The molecule has 0 aromatic carbocycles. The summed E-state index contributed by atoms with van der Waals surface area (Å²) in [6, 6.07) is 0.290. The summed E-state index contributed by atoms with van der Waals surface area (Å²) in [5, 5.41) is 9.66. The van der Waals surface area contributed by atoms with Gasteiger partial charge in [-0.05, 0) is 61.7 Å². The number of halogens is 1. The number of hydrogen-bond donors (Lipinski definition) is 1. The third-order valence-electron chi connectivity index (χ3n) is 8.09. The Labute approximate surface area is 157 Å². The summed E-state index contributed by atoms with van der Waals surface area (Å²) in [5.41, 5.74) is 0.00899. The van der Waals surface area contributed by atoms with Crippen molar-refractivity contribution in [2.75, 3.05) is 0 Å². The number of carboxylic acid groups (broad SMARTS) is 1. The molecule has 3 fully saturated rings. The smallest absolute Gasteiger partial charge is 0.307 e. The minimum absolute atomic E-state index is 0.0333.